The lowest BCUT2D eigenvalue weighted by Gasteiger charge is -2.23. The van der Waals surface area contributed by atoms with Crippen LogP contribution in [0.2, 0.25) is 0 Å². The Morgan fingerprint density at radius 2 is 0.810 bits per heavy atom. The summed E-state index contributed by atoms with van der Waals surface area (Å²) in [6, 6.07) is 0. The molecular formula is C9H4F10N2. The number of benzene rings is 1. The number of nitrogen functional groups attached to an aromatic ring is 2. The molecule has 0 spiro atoms. The number of rotatable bonds is 0. The van der Waals surface area contributed by atoms with Crippen molar-refractivity contribution in [1.29, 1.82) is 0 Å². The lowest BCUT2D eigenvalue weighted by atomic mass is 9.97. The van der Waals surface area contributed by atoms with E-state index < -0.39 is 52.4 Å². The van der Waals surface area contributed by atoms with Crippen LogP contribution >= 0.6 is 0 Å². The molecule has 0 aliphatic carbocycles. The lowest BCUT2D eigenvalue weighted by Crippen LogP contribution is -2.26. The quantitative estimate of drug-likeness (QED) is 0.557. The number of alkyl halides is 9. The number of anilines is 2. The molecule has 0 aliphatic rings. The highest BCUT2D eigenvalue weighted by Crippen LogP contribution is 2.50. The van der Waals surface area contributed by atoms with Gasteiger partial charge in [-0.25, -0.2) is 4.39 Å². The van der Waals surface area contributed by atoms with E-state index in [9.17, 15) is 43.9 Å². The van der Waals surface area contributed by atoms with Crippen LogP contribution in [0.4, 0.5) is 55.3 Å². The molecule has 0 heterocycles. The maximum atomic E-state index is 13.4. The first kappa shape index (κ1) is 17.2. The summed E-state index contributed by atoms with van der Waals surface area (Å²) >= 11 is 0. The highest BCUT2D eigenvalue weighted by Gasteiger charge is 2.52. The van der Waals surface area contributed by atoms with Gasteiger partial charge in [-0.2, -0.15) is 39.5 Å². The van der Waals surface area contributed by atoms with Crippen LogP contribution < -0.4 is 11.5 Å². The molecule has 21 heavy (non-hydrogen) atoms. The van der Waals surface area contributed by atoms with Crippen molar-refractivity contribution in [3.63, 3.8) is 0 Å². The van der Waals surface area contributed by atoms with Crippen LogP contribution in [0, 0.1) is 5.82 Å². The van der Waals surface area contributed by atoms with Gasteiger partial charge in [0.1, 0.15) is 11.1 Å². The minimum Gasteiger partial charge on any atom is -0.397 e. The Morgan fingerprint density at radius 3 is 1.10 bits per heavy atom. The number of nitrogens with two attached hydrogens (primary N) is 2. The Kier molecular flexibility index (Phi) is 3.73. The number of halogens is 10. The summed E-state index contributed by atoms with van der Waals surface area (Å²) in [5, 5.41) is 0. The average molecular weight is 330 g/mol. The van der Waals surface area contributed by atoms with Gasteiger partial charge < -0.3 is 11.5 Å². The predicted octanol–water partition coefficient (Wildman–Crippen LogP) is 4.05. The molecule has 0 saturated carbocycles. The second-order valence-electron chi connectivity index (χ2n) is 3.76. The van der Waals surface area contributed by atoms with Gasteiger partial charge in [0.2, 0.25) is 0 Å². The summed E-state index contributed by atoms with van der Waals surface area (Å²) < 4.78 is 126. The molecule has 1 aromatic rings. The summed E-state index contributed by atoms with van der Waals surface area (Å²) in [7, 11) is 0. The Balaban J connectivity index is 4.05. The summed E-state index contributed by atoms with van der Waals surface area (Å²) in [5.41, 5.74) is -3.39. The van der Waals surface area contributed by atoms with Crippen LogP contribution in [0.1, 0.15) is 16.7 Å². The zero-order valence-electron chi connectivity index (χ0n) is 9.43. The van der Waals surface area contributed by atoms with E-state index in [1.165, 1.54) is 0 Å². The molecule has 0 atom stereocenters. The first-order valence-corrected chi connectivity index (χ1v) is 4.72. The molecule has 0 fully saturated rings. The molecule has 0 bridgehead atoms. The van der Waals surface area contributed by atoms with Crippen LogP contribution in [0.3, 0.4) is 0 Å². The zero-order chi connectivity index (χ0) is 17.0. The van der Waals surface area contributed by atoms with Gasteiger partial charge in [-0.15, -0.1) is 0 Å². The molecular weight excluding hydrogens is 326 g/mol. The first-order chi connectivity index (χ1) is 9.10. The third-order valence-electron chi connectivity index (χ3n) is 2.37. The Morgan fingerprint density at radius 1 is 0.524 bits per heavy atom. The van der Waals surface area contributed by atoms with Gasteiger partial charge in [0.15, 0.2) is 5.82 Å². The minimum atomic E-state index is -6.06. The number of hydrogen-bond donors (Lipinski definition) is 2. The highest BCUT2D eigenvalue weighted by atomic mass is 19.4. The van der Waals surface area contributed by atoms with Gasteiger partial charge in [0.05, 0.1) is 16.9 Å². The SMILES string of the molecule is Nc1c(N)c(C(F)(F)F)c(C(F)(F)F)c(F)c1C(F)(F)F. The lowest BCUT2D eigenvalue weighted by molar-refractivity contribution is -0.165. The largest absolute Gasteiger partial charge is 0.421 e. The monoisotopic (exact) mass is 330 g/mol. The molecule has 2 nitrogen and oxygen atoms in total. The summed E-state index contributed by atoms with van der Waals surface area (Å²) in [6.45, 7) is 0. The third-order valence-corrected chi connectivity index (χ3v) is 2.37. The van der Waals surface area contributed by atoms with Crippen molar-refractivity contribution in [2.75, 3.05) is 11.5 Å². The van der Waals surface area contributed by atoms with E-state index in [0.29, 0.717) is 0 Å². The molecule has 0 aliphatic heterocycles. The molecule has 120 valence electrons. The van der Waals surface area contributed by atoms with E-state index in [4.69, 9.17) is 0 Å². The molecule has 12 heteroatoms. The zero-order valence-corrected chi connectivity index (χ0v) is 9.43. The molecule has 1 rings (SSSR count). The van der Waals surface area contributed by atoms with Crippen molar-refractivity contribution in [2.24, 2.45) is 0 Å². The molecule has 4 N–H and O–H groups in total. The molecule has 0 unspecified atom stereocenters. The average Bonchev–Trinajstić information content (AvgIpc) is 2.17. The van der Waals surface area contributed by atoms with E-state index in [1.54, 1.807) is 0 Å². The molecule has 0 saturated heterocycles. The summed E-state index contributed by atoms with van der Waals surface area (Å²) in [5.74, 6) is -3.17. The van der Waals surface area contributed by atoms with E-state index in [1.807, 2.05) is 0 Å². The van der Waals surface area contributed by atoms with Crippen molar-refractivity contribution < 1.29 is 43.9 Å². The van der Waals surface area contributed by atoms with Crippen molar-refractivity contribution >= 4 is 11.4 Å². The van der Waals surface area contributed by atoms with Crippen LogP contribution in [-0.4, -0.2) is 0 Å². The van der Waals surface area contributed by atoms with Gasteiger partial charge in [-0.3, -0.25) is 0 Å². The Bertz CT molecular complexity index is 566. The smallest absolute Gasteiger partial charge is 0.397 e. The van der Waals surface area contributed by atoms with Crippen molar-refractivity contribution in [3.05, 3.63) is 22.5 Å². The van der Waals surface area contributed by atoms with Crippen molar-refractivity contribution in [3.8, 4) is 0 Å². The van der Waals surface area contributed by atoms with Crippen LogP contribution in [0.25, 0.3) is 0 Å². The third kappa shape index (κ3) is 2.93. The maximum Gasteiger partial charge on any atom is 0.421 e. The topological polar surface area (TPSA) is 52.0 Å². The van der Waals surface area contributed by atoms with Crippen molar-refractivity contribution in [2.45, 2.75) is 18.5 Å². The fraction of sp³-hybridized carbons (Fsp3) is 0.333. The van der Waals surface area contributed by atoms with Crippen LogP contribution in [-0.2, 0) is 18.5 Å². The van der Waals surface area contributed by atoms with Gasteiger partial charge in [0, 0.05) is 0 Å². The molecule has 0 aromatic heterocycles. The second-order valence-corrected chi connectivity index (χ2v) is 3.76. The minimum absolute atomic E-state index is 1.96. The molecule has 0 radical (unpaired) electrons. The van der Waals surface area contributed by atoms with Crippen LogP contribution in [0.5, 0.6) is 0 Å². The maximum absolute atomic E-state index is 13.4. The van der Waals surface area contributed by atoms with Gasteiger partial charge in [0.25, 0.3) is 0 Å². The van der Waals surface area contributed by atoms with Gasteiger partial charge >= 0.3 is 18.5 Å². The van der Waals surface area contributed by atoms with E-state index in [2.05, 4.69) is 11.5 Å². The summed E-state index contributed by atoms with van der Waals surface area (Å²) in [4.78, 5) is 0. The summed E-state index contributed by atoms with van der Waals surface area (Å²) in [6.07, 6.45) is -17.7. The van der Waals surface area contributed by atoms with Gasteiger partial charge in [-0.1, -0.05) is 0 Å². The van der Waals surface area contributed by atoms with Gasteiger partial charge in [-0.05, 0) is 0 Å². The van der Waals surface area contributed by atoms with E-state index >= 15 is 0 Å². The second kappa shape index (κ2) is 4.56. The normalized spacial score (nSPS) is 13.6. The van der Waals surface area contributed by atoms with E-state index in [0.717, 1.165) is 0 Å². The predicted molar refractivity (Wildman–Crippen MR) is 50.2 cm³/mol. The Labute approximate surface area is 109 Å². The van der Waals surface area contributed by atoms with Crippen LogP contribution in [0.15, 0.2) is 0 Å². The Hall–Kier alpha value is -1.88. The standard InChI is InChI=1S/C9H4F10N2/c10-4-1(7(11,12)13)2(8(14,15)16)5(20)6(21)3(4)9(17,18)19/h20-21H2. The number of hydrogen-bond acceptors (Lipinski definition) is 2. The van der Waals surface area contributed by atoms with Crippen molar-refractivity contribution in [1.82, 2.24) is 0 Å². The van der Waals surface area contributed by atoms with E-state index in [-0.39, 0.29) is 0 Å². The molecule has 1 aromatic carbocycles. The fourth-order valence-corrected chi connectivity index (χ4v) is 1.59. The first-order valence-electron chi connectivity index (χ1n) is 4.72. The fourth-order valence-electron chi connectivity index (χ4n) is 1.59. The highest BCUT2D eigenvalue weighted by molar-refractivity contribution is 5.75. The molecule has 0 amide bonds.